The highest BCUT2D eigenvalue weighted by Crippen LogP contribution is 2.71. The molecule has 0 radical (unpaired) electrons. The molecule has 2 heterocycles. The molecule has 2 amide bonds. The lowest BCUT2D eigenvalue weighted by atomic mass is 9.48. The van der Waals surface area contributed by atoms with Gasteiger partial charge in [0.1, 0.15) is 0 Å². The average molecular weight is 305 g/mol. The number of nitrogens with zero attached hydrogens (tertiary/aromatic N) is 1. The van der Waals surface area contributed by atoms with Crippen LogP contribution in [0.25, 0.3) is 0 Å². The molecule has 0 N–H and O–H groups in total. The van der Waals surface area contributed by atoms with Gasteiger partial charge in [0.05, 0.1) is 11.8 Å². The van der Waals surface area contributed by atoms with Crippen molar-refractivity contribution in [3.63, 3.8) is 0 Å². The summed E-state index contributed by atoms with van der Waals surface area (Å²) in [4.78, 5) is 26.8. The zero-order valence-electron chi connectivity index (χ0n) is 12.7. The molecule has 4 heteroatoms. The van der Waals surface area contributed by atoms with Crippen molar-refractivity contribution in [2.24, 2.45) is 35.5 Å². The van der Waals surface area contributed by atoms with Gasteiger partial charge in [-0.3, -0.25) is 14.5 Å². The van der Waals surface area contributed by atoms with E-state index in [2.05, 4.69) is 6.92 Å². The van der Waals surface area contributed by atoms with E-state index in [1.807, 2.05) is 11.8 Å². The molecule has 3 atom stereocenters. The van der Waals surface area contributed by atoms with Crippen LogP contribution < -0.4 is 0 Å². The lowest BCUT2D eigenvalue weighted by Crippen LogP contribution is -2.59. The van der Waals surface area contributed by atoms with Crippen LogP contribution in [0.15, 0.2) is 0 Å². The normalized spacial score (nSPS) is 57.6. The van der Waals surface area contributed by atoms with E-state index in [4.69, 9.17) is 0 Å². The number of likely N-dealkylation sites (tertiary alicyclic amines) is 1. The van der Waals surface area contributed by atoms with Gasteiger partial charge >= 0.3 is 0 Å². The van der Waals surface area contributed by atoms with E-state index in [1.165, 1.54) is 37.0 Å². The van der Waals surface area contributed by atoms with Gasteiger partial charge in [-0.25, -0.2) is 0 Å². The molecule has 3 nitrogen and oxygen atoms in total. The van der Waals surface area contributed by atoms with Crippen molar-refractivity contribution in [3.8, 4) is 0 Å². The number of hydrogen-bond donors (Lipinski definition) is 0. The van der Waals surface area contributed by atoms with Crippen LogP contribution in [-0.2, 0) is 9.59 Å². The summed E-state index contributed by atoms with van der Waals surface area (Å²) < 4.78 is 0.106. The van der Waals surface area contributed by atoms with Gasteiger partial charge in [-0.2, -0.15) is 0 Å². The molecule has 2 saturated heterocycles. The van der Waals surface area contributed by atoms with Gasteiger partial charge in [0.15, 0.2) is 0 Å². The van der Waals surface area contributed by atoms with Crippen LogP contribution in [0, 0.1) is 35.5 Å². The molecule has 6 fully saturated rings. The zero-order chi connectivity index (χ0) is 14.5. The summed E-state index contributed by atoms with van der Waals surface area (Å²) in [6, 6.07) is 0. The lowest BCUT2D eigenvalue weighted by Gasteiger charge is -2.61. The van der Waals surface area contributed by atoms with Crippen LogP contribution in [0.5, 0.6) is 0 Å². The summed E-state index contributed by atoms with van der Waals surface area (Å²) in [5, 5.41) is 0.314. The van der Waals surface area contributed by atoms with Crippen LogP contribution in [0.2, 0.25) is 0 Å². The Morgan fingerprint density at radius 3 is 2.14 bits per heavy atom. The van der Waals surface area contributed by atoms with Crippen molar-refractivity contribution in [2.45, 2.75) is 49.0 Å². The van der Waals surface area contributed by atoms with E-state index < -0.39 is 0 Å². The molecule has 0 aromatic carbocycles. The van der Waals surface area contributed by atoms with Gasteiger partial charge in [0.2, 0.25) is 11.8 Å². The van der Waals surface area contributed by atoms with Gasteiger partial charge < -0.3 is 0 Å². The number of imide groups is 1. The molecule has 2 aliphatic heterocycles. The SMILES string of the molecule is CC1SC2(C3CC4CC(C3)CC2C4)[C@@H]2C(=O)N(C)C(=O)[C@H]12. The van der Waals surface area contributed by atoms with Crippen molar-refractivity contribution < 1.29 is 9.59 Å². The monoisotopic (exact) mass is 305 g/mol. The fourth-order valence-corrected chi connectivity index (χ4v) is 9.10. The molecule has 21 heavy (non-hydrogen) atoms. The van der Waals surface area contributed by atoms with Gasteiger partial charge in [0, 0.05) is 17.0 Å². The second kappa shape index (κ2) is 3.87. The largest absolute Gasteiger partial charge is 0.285 e. The Labute approximate surface area is 130 Å². The van der Waals surface area contributed by atoms with Crippen LogP contribution in [0.1, 0.15) is 39.0 Å². The van der Waals surface area contributed by atoms with E-state index in [0.29, 0.717) is 17.1 Å². The molecular formula is C17H23NO2S. The fraction of sp³-hybridized carbons (Fsp3) is 0.882. The minimum Gasteiger partial charge on any atom is -0.285 e. The Morgan fingerprint density at radius 2 is 1.57 bits per heavy atom. The Bertz CT molecular complexity index is 517. The quantitative estimate of drug-likeness (QED) is 0.646. The van der Waals surface area contributed by atoms with E-state index >= 15 is 0 Å². The number of amides is 2. The number of hydrogen-bond acceptors (Lipinski definition) is 3. The predicted molar refractivity (Wildman–Crippen MR) is 81.6 cm³/mol. The standard InChI is InChI=1S/C17H23NO2S/c1-8-13-14(16(20)18(2)15(13)19)17(21-8)11-4-9-3-10(6-11)7-12(17)5-9/h8-14H,3-7H2,1-2H3/t8?,9?,10?,11?,12?,13-,14+,17?/m1/s1. The molecule has 0 aromatic heterocycles. The molecular weight excluding hydrogens is 282 g/mol. The summed E-state index contributed by atoms with van der Waals surface area (Å²) >= 11 is 2.04. The van der Waals surface area contributed by atoms with E-state index in [-0.39, 0.29) is 28.4 Å². The van der Waals surface area contributed by atoms with Crippen molar-refractivity contribution in [3.05, 3.63) is 0 Å². The van der Waals surface area contributed by atoms with Crippen molar-refractivity contribution in [2.75, 3.05) is 7.05 Å². The number of thioether (sulfide) groups is 1. The van der Waals surface area contributed by atoms with Gasteiger partial charge in [-0.1, -0.05) is 6.92 Å². The zero-order valence-corrected chi connectivity index (χ0v) is 13.6. The van der Waals surface area contributed by atoms with Gasteiger partial charge in [-0.05, 0) is 55.8 Å². The first-order valence-electron chi connectivity index (χ1n) is 8.51. The molecule has 1 unspecified atom stereocenters. The second-order valence-corrected chi connectivity index (χ2v) is 9.91. The van der Waals surface area contributed by atoms with Crippen molar-refractivity contribution in [1.82, 2.24) is 4.90 Å². The Kier molecular flexibility index (Phi) is 2.39. The van der Waals surface area contributed by atoms with E-state index in [0.717, 1.165) is 11.8 Å². The van der Waals surface area contributed by atoms with E-state index in [1.54, 1.807) is 7.05 Å². The number of fused-ring (bicyclic) bond motifs is 1. The summed E-state index contributed by atoms with van der Waals surface area (Å²) in [7, 11) is 1.70. The third kappa shape index (κ3) is 1.35. The molecule has 4 saturated carbocycles. The summed E-state index contributed by atoms with van der Waals surface area (Å²) in [6.45, 7) is 2.19. The molecule has 6 rings (SSSR count). The first-order chi connectivity index (χ1) is 10.0. The third-order valence-electron chi connectivity index (χ3n) is 7.37. The lowest BCUT2D eigenvalue weighted by molar-refractivity contribution is -0.139. The van der Waals surface area contributed by atoms with Crippen LogP contribution in [0.3, 0.4) is 0 Å². The maximum Gasteiger partial charge on any atom is 0.234 e. The summed E-state index contributed by atoms with van der Waals surface area (Å²) in [6.07, 6.45) is 6.72. The molecule has 1 spiro atoms. The third-order valence-corrected chi connectivity index (χ3v) is 9.36. The Morgan fingerprint density at radius 1 is 1.00 bits per heavy atom. The second-order valence-electron chi connectivity index (χ2n) is 8.22. The molecule has 4 aliphatic carbocycles. The van der Waals surface area contributed by atoms with Crippen LogP contribution >= 0.6 is 11.8 Å². The molecule has 0 aromatic rings. The smallest absolute Gasteiger partial charge is 0.234 e. The Balaban J connectivity index is 1.63. The van der Waals surface area contributed by atoms with Crippen molar-refractivity contribution in [1.29, 1.82) is 0 Å². The molecule has 6 aliphatic rings. The minimum atomic E-state index is -0.0370. The first-order valence-corrected chi connectivity index (χ1v) is 9.39. The molecule has 4 bridgehead atoms. The summed E-state index contributed by atoms with van der Waals surface area (Å²) in [5.74, 6) is 3.40. The maximum absolute atomic E-state index is 12.8. The summed E-state index contributed by atoms with van der Waals surface area (Å²) in [5.41, 5.74) is 0. The highest BCUT2D eigenvalue weighted by molar-refractivity contribution is 8.01. The highest BCUT2D eigenvalue weighted by atomic mass is 32.2. The predicted octanol–water partition coefficient (Wildman–Crippen LogP) is 2.55. The topological polar surface area (TPSA) is 37.4 Å². The van der Waals surface area contributed by atoms with Crippen LogP contribution in [0.4, 0.5) is 0 Å². The average Bonchev–Trinajstić information content (AvgIpc) is 2.87. The molecule has 114 valence electrons. The fourth-order valence-electron chi connectivity index (χ4n) is 6.87. The first kappa shape index (κ1) is 13.0. The van der Waals surface area contributed by atoms with E-state index in [9.17, 15) is 9.59 Å². The number of carbonyl (C=O) groups is 2. The van der Waals surface area contributed by atoms with Crippen molar-refractivity contribution >= 4 is 23.6 Å². The number of rotatable bonds is 0. The Hall–Kier alpha value is -0.510. The maximum atomic E-state index is 12.8. The van der Waals surface area contributed by atoms with Crippen LogP contribution in [-0.4, -0.2) is 33.8 Å². The van der Waals surface area contributed by atoms with Gasteiger partial charge in [-0.15, -0.1) is 11.8 Å². The minimum absolute atomic E-state index is 0.00926. The number of carbonyl (C=O) groups excluding carboxylic acids is 2. The highest BCUT2D eigenvalue weighted by Gasteiger charge is 2.71. The van der Waals surface area contributed by atoms with Gasteiger partial charge in [0.25, 0.3) is 0 Å².